The summed E-state index contributed by atoms with van der Waals surface area (Å²) in [5.41, 5.74) is 1.94. The van der Waals surface area contributed by atoms with Gasteiger partial charge in [-0.3, -0.25) is 0 Å². The Bertz CT molecular complexity index is 887. The molecule has 124 valence electrons. The van der Waals surface area contributed by atoms with Crippen LogP contribution in [0.4, 0.5) is 4.79 Å². The van der Waals surface area contributed by atoms with Gasteiger partial charge in [0.25, 0.3) is 0 Å². The molecule has 0 N–H and O–H groups in total. The van der Waals surface area contributed by atoms with Crippen LogP contribution < -0.4 is 4.74 Å². The van der Waals surface area contributed by atoms with Gasteiger partial charge in [0.05, 0.1) is 18.3 Å². The van der Waals surface area contributed by atoms with Crippen LogP contribution in [-0.4, -0.2) is 23.4 Å². The summed E-state index contributed by atoms with van der Waals surface area (Å²) in [4.78, 5) is 12.8. The van der Waals surface area contributed by atoms with Gasteiger partial charge in [-0.25, -0.2) is 9.36 Å². The average Bonchev–Trinajstić information content (AvgIpc) is 2.93. The van der Waals surface area contributed by atoms with Gasteiger partial charge in [-0.2, -0.15) is 0 Å². The third-order valence-corrected chi connectivity index (χ3v) is 3.65. The Hall–Kier alpha value is -2.75. The molecule has 0 amide bonds. The summed E-state index contributed by atoms with van der Waals surface area (Å²) >= 11 is 0. The van der Waals surface area contributed by atoms with E-state index in [2.05, 4.69) is 0 Å². The molecular formula is C20H21NO3. The number of carbonyl (C=O) groups is 1. The summed E-state index contributed by atoms with van der Waals surface area (Å²) in [5.74, 6) is 0.744. The standard InChI is InChI=1S/C20H21NO3/c1-20(2,3)24-19(22)21-17-11-6-5-8-15(17)13-18(21)14-9-7-10-16(12-14)23-4/h5-13H,1-4H3. The second-order valence-corrected chi connectivity index (χ2v) is 6.64. The zero-order chi connectivity index (χ0) is 17.3. The molecule has 0 saturated heterocycles. The molecule has 0 atom stereocenters. The molecule has 0 fully saturated rings. The van der Waals surface area contributed by atoms with E-state index in [1.54, 1.807) is 11.7 Å². The maximum absolute atomic E-state index is 12.8. The van der Waals surface area contributed by atoms with Gasteiger partial charge in [0.15, 0.2) is 0 Å². The van der Waals surface area contributed by atoms with E-state index in [1.165, 1.54) is 0 Å². The lowest BCUT2D eigenvalue weighted by atomic mass is 10.1. The van der Waals surface area contributed by atoms with Crippen LogP contribution >= 0.6 is 0 Å². The minimum Gasteiger partial charge on any atom is -0.497 e. The molecule has 3 aromatic rings. The molecule has 0 unspecified atom stereocenters. The lowest BCUT2D eigenvalue weighted by molar-refractivity contribution is 0.0547. The third-order valence-electron chi connectivity index (χ3n) is 3.65. The Balaban J connectivity index is 2.20. The first-order chi connectivity index (χ1) is 11.4. The van der Waals surface area contributed by atoms with Gasteiger partial charge in [-0.05, 0) is 45.0 Å². The van der Waals surface area contributed by atoms with Crippen molar-refractivity contribution in [3.05, 3.63) is 54.6 Å². The van der Waals surface area contributed by atoms with Gasteiger partial charge in [0, 0.05) is 10.9 Å². The molecule has 0 bridgehead atoms. The molecule has 24 heavy (non-hydrogen) atoms. The van der Waals surface area contributed by atoms with Crippen molar-refractivity contribution in [3.63, 3.8) is 0 Å². The van der Waals surface area contributed by atoms with Crippen molar-refractivity contribution in [2.24, 2.45) is 0 Å². The second kappa shape index (κ2) is 6.04. The van der Waals surface area contributed by atoms with Gasteiger partial charge >= 0.3 is 6.09 Å². The van der Waals surface area contributed by atoms with Crippen molar-refractivity contribution in [3.8, 4) is 17.0 Å². The molecule has 3 rings (SSSR count). The highest BCUT2D eigenvalue weighted by molar-refractivity contribution is 5.96. The summed E-state index contributed by atoms with van der Waals surface area (Å²) in [6, 6.07) is 17.4. The summed E-state index contributed by atoms with van der Waals surface area (Å²) in [5, 5.41) is 0.987. The number of ether oxygens (including phenoxy) is 2. The smallest absolute Gasteiger partial charge is 0.419 e. The zero-order valence-electron chi connectivity index (χ0n) is 14.4. The van der Waals surface area contributed by atoms with Crippen LogP contribution in [0.15, 0.2) is 54.6 Å². The fourth-order valence-electron chi connectivity index (χ4n) is 2.65. The number of hydrogen-bond donors (Lipinski definition) is 0. The van der Waals surface area contributed by atoms with Crippen molar-refractivity contribution in [2.75, 3.05) is 7.11 Å². The van der Waals surface area contributed by atoms with Gasteiger partial charge in [0.2, 0.25) is 0 Å². The van der Waals surface area contributed by atoms with E-state index in [0.717, 1.165) is 27.9 Å². The summed E-state index contributed by atoms with van der Waals surface area (Å²) < 4.78 is 12.5. The topological polar surface area (TPSA) is 40.5 Å². The van der Waals surface area contributed by atoms with Crippen molar-refractivity contribution in [2.45, 2.75) is 26.4 Å². The predicted octanol–water partition coefficient (Wildman–Crippen LogP) is 5.10. The van der Waals surface area contributed by atoms with Gasteiger partial charge < -0.3 is 9.47 Å². The minimum absolute atomic E-state index is 0.387. The Kier molecular flexibility index (Phi) is 4.06. The maximum Gasteiger partial charge on any atom is 0.419 e. The molecule has 4 heteroatoms. The molecule has 2 aromatic carbocycles. The summed E-state index contributed by atoms with van der Waals surface area (Å²) in [6.45, 7) is 5.59. The number of benzene rings is 2. The van der Waals surface area contributed by atoms with Gasteiger partial charge in [0.1, 0.15) is 11.4 Å². The number of nitrogens with zero attached hydrogens (tertiary/aromatic N) is 1. The Morgan fingerprint density at radius 1 is 1.00 bits per heavy atom. The molecule has 0 spiro atoms. The van der Waals surface area contributed by atoms with Crippen LogP contribution in [0.1, 0.15) is 20.8 Å². The first kappa shape index (κ1) is 16.1. The Labute approximate surface area is 141 Å². The number of methoxy groups -OCH3 is 1. The minimum atomic E-state index is -0.561. The van der Waals surface area contributed by atoms with E-state index in [1.807, 2.05) is 75.4 Å². The third kappa shape index (κ3) is 3.13. The van der Waals surface area contributed by atoms with Crippen LogP contribution in [0.3, 0.4) is 0 Å². The van der Waals surface area contributed by atoms with E-state index in [4.69, 9.17) is 9.47 Å². The Morgan fingerprint density at radius 2 is 1.75 bits per heavy atom. The maximum atomic E-state index is 12.8. The second-order valence-electron chi connectivity index (χ2n) is 6.64. The molecular weight excluding hydrogens is 302 g/mol. The molecule has 1 heterocycles. The van der Waals surface area contributed by atoms with Crippen molar-refractivity contribution in [1.29, 1.82) is 0 Å². The van der Waals surface area contributed by atoms with Crippen LogP contribution in [0.5, 0.6) is 5.75 Å². The number of hydrogen-bond acceptors (Lipinski definition) is 3. The highest BCUT2D eigenvalue weighted by Crippen LogP contribution is 2.31. The number of carbonyl (C=O) groups excluding carboxylic acids is 1. The molecule has 1 aromatic heterocycles. The van der Waals surface area contributed by atoms with E-state index in [9.17, 15) is 4.79 Å². The van der Waals surface area contributed by atoms with Gasteiger partial charge in [-0.15, -0.1) is 0 Å². The lowest BCUT2D eigenvalue weighted by Gasteiger charge is -2.21. The molecule has 0 aliphatic heterocycles. The number of fused-ring (bicyclic) bond motifs is 1. The van der Waals surface area contributed by atoms with Crippen molar-refractivity contribution in [1.82, 2.24) is 4.57 Å². The average molecular weight is 323 g/mol. The van der Waals surface area contributed by atoms with Crippen LogP contribution in [0.2, 0.25) is 0 Å². The molecule has 0 radical (unpaired) electrons. The van der Waals surface area contributed by atoms with Crippen molar-refractivity contribution >= 4 is 17.0 Å². The summed E-state index contributed by atoms with van der Waals surface area (Å²) in [6.07, 6.45) is -0.387. The van der Waals surface area contributed by atoms with E-state index >= 15 is 0 Å². The van der Waals surface area contributed by atoms with Crippen LogP contribution in [-0.2, 0) is 4.74 Å². The monoisotopic (exact) mass is 323 g/mol. The highest BCUT2D eigenvalue weighted by atomic mass is 16.6. The molecule has 0 saturated carbocycles. The van der Waals surface area contributed by atoms with E-state index < -0.39 is 5.60 Å². The van der Waals surface area contributed by atoms with Crippen LogP contribution in [0.25, 0.3) is 22.2 Å². The molecule has 0 aliphatic carbocycles. The zero-order valence-corrected chi connectivity index (χ0v) is 14.4. The quantitative estimate of drug-likeness (QED) is 0.659. The fraction of sp³-hybridized carbons (Fsp3) is 0.250. The first-order valence-electron chi connectivity index (χ1n) is 7.87. The first-order valence-corrected chi connectivity index (χ1v) is 7.87. The molecule has 4 nitrogen and oxygen atoms in total. The van der Waals surface area contributed by atoms with E-state index in [0.29, 0.717) is 0 Å². The van der Waals surface area contributed by atoms with Crippen molar-refractivity contribution < 1.29 is 14.3 Å². The molecule has 0 aliphatic rings. The number of rotatable bonds is 2. The lowest BCUT2D eigenvalue weighted by Crippen LogP contribution is -2.27. The van der Waals surface area contributed by atoms with Crippen LogP contribution in [0, 0.1) is 0 Å². The van der Waals surface area contributed by atoms with E-state index in [-0.39, 0.29) is 6.09 Å². The largest absolute Gasteiger partial charge is 0.497 e. The highest BCUT2D eigenvalue weighted by Gasteiger charge is 2.22. The number of para-hydroxylation sites is 1. The normalized spacial score (nSPS) is 11.5. The fourth-order valence-corrected chi connectivity index (χ4v) is 2.65. The predicted molar refractivity (Wildman–Crippen MR) is 95.6 cm³/mol. The summed E-state index contributed by atoms with van der Waals surface area (Å²) in [7, 11) is 1.63. The SMILES string of the molecule is COc1cccc(-c2cc3ccccc3n2C(=O)OC(C)(C)C)c1. The number of aromatic nitrogens is 1. The Morgan fingerprint density at radius 3 is 2.46 bits per heavy atom. The van der Waals surface area contributed by atoms with Gasteiger partial charge in [-0.1, -0.05) is 30.3 Å².